The molecule has 0 aromatic heterocycles. The van der Waals surface area contributed by atoms with Crippen LogP contribution in [0.15, 0.2) is 24.3 Å². The van der Waals surface area contributed by atoms with Gasteiger partial charge in [0.25, 0.3) is 10.1 Å². The molecule has 0 aromatic carbocycles. The highest BCUT2D eigenvalue weighted by atomic mass is 32.2. The molecule has 0 heterocycles. The van der Waals surface area contributed by atoms with Crippen LogP contribution in [0.5, 0.6) is 0 Å². The Labute approximate surface area is 172 Å². The van der Waals surface area contributed by atoms with Crippen LogP contribution in [0.2, 0.25) is 0 Å². The molecule has 28 heavy (non-hydrogen) atoms. The number of rotatable bonds is 17. The first-order valence-electron chi connectivity index (χ1n) is 10.5. The molecule has 0 saturated carbocycles. The highest BCUT2D eigenvalue weighted by Gasteiger charge is 2.08. The molecule has 0 rings (SSSR count). The van der Waals surface area contributed by atoms with Gasteiger partial charge in [0.1, 0.15) is 0 Å². The van der Waals surface area contributed by atoms with Crippen LogP contribution in [0.4, 0.5) is 0 Å². The molecule has 0 bridgehead atoms. The summed E-state index contributed by atoms with van der Waals surface area (Å²) in [6.45, 7) is 4.00. The topological polar surface area (TPSA) is 77.9 Å². The monoisotopic (exact) mass is 416 g/mol. The van der Waals surface area contributed by atoms with Gasteiger partial charge in [0.2, 0.25) is 5.91 Å². The normalized spacial score (nSPS) is 12.5. The van der Waals surface area contributed by atoms with E-state index in [9.17, 15) is 13.2 Å². The number of likely N-dealkylation sites (N-methyl/N-ethyl adjacent to an activating group) is 2. The maximum absolute atomic E-state index is 12.0. The maximum Gasteiger partial charge on any atom is 0.264 e. The van der Waals surface area contributed by atoms with Crippen molar-refractivity contribution in [2.45, 2.75) is 64.7 Å². The van der Waals surface area contributed by atoms with Gasteiger partial charge in [-0.05, 0) is 32.9 Å². The van der Waals surface area contributed by atoms with Gasteiger partial charge in [-0.3, -0.25) is 9.35 Å². The van der Waals surface area contributed by atoms with E-state index >= 15 is 0 Å². The van der Waals surface area contributed by atoms with Gasteiger partial charge in [0.05, 0.1) is 5.75 Å². The van der Waals surface area contributed by atoms with Crippen molar-refractivity contribution in [2.24, 2.45) is 0 Å². The lowest BCUT2D eigenvalue weighted by Crippen LogP contribution is -2.34. The van der Waals surface area contributed by atoms with E-state index in [1.165, 1.54) is 44.9 Å². The predicted octanol–water partition coefficient (Wildman–Crippen LogP) is 3.91. The van der Waals surface area contributed by atoms with Crippen LogP contribution in [0.3, 0.4) is 0 Å². The summed E-state index contributed by atoms with van der Waals surface area (Å²) < 4.78 is 30.1. The molecule has 7 heteroatoms. The van der Waals surface area contributed by atoms with Crippen molar-refractivity contribution in [3.63, 3.8) is 0 Å². The maximum atomic E-state index is 12.0. The number of carbonyl (C=O) groups is 1. The third-order valence-corrected chi connectivity index (χ3v) is 5.40. The lowest BCUT2D eigenvalue weighted by atomic mass is 10.1. The summed E-state index contributed by atoms with van der Waals surface area (Å²) in [6, 6.07) is 0. The first-order valence-corrected chi connectivity index (χ1v) is 12.1. The second-order valence-corrected chi connectivity index (χ2v) is 8.97. The van der Waals surface area contributed by atoms with E-state index < -0.39 is 10.1 Å². The zero-order chi connectivity index (χ0) is 21.3. The summed E-state index contributed by atoms with van der Waals surface area (Å²) in [5, 5.41) is 0. The number of carbonyl (C=O) groups excluding carboxylic acids is 1. The van der Waals surface area contributed by atoms with E-state index in [0.29, 0.717) is 26.1 Å². The number of nitrogens with zero attached hydrogens (tertiary/aromatic N) is 2. The highest BCUT2D eigenvalue weighted by molar-refractivity contribution is 7.85. The number of unbranched alkanes of at least 4 members (excludes halogenated alkanes) is 7. The fourth-order valence-electron chi connectivity index (χ4n) is 2.72. The smallest absolute Gasteiger partial charge is 0.264 e. The average Bonchev–Trinajstić information content (AvgIpc) is 2.62. The molecular weight excluding hydrogens is 376 g/mol. The lowest BCUT2D eigenvalue weighted by molar-refractivity contribution is -0.124. The van der Waals surface area contributed by atoms with E-state index in [4.69, 9.17) is 4.55 Å². The summed E-state index contributed by atoms with van der Waals surface area (Å²) in [5.41, 5.74) is 0. The fourth-order valence-corrected chi connectivity index (χ4v) is 3.21. The van der Waals surface area contributed by atoms with Gasteiger partial charge in [-0.15, -0.1) is 0 Å². The third kappa shape index (κ3) is 18.2. The van der Waals surface area contributed by atoms with Crippen LogP contribution >= 0.6 is 0 Å². The van der Waals surface area contributed by atoms with Crippen molar-refractivity contribution in [1.29, 1.82) is 0 Å². The van der Waals surface area contributed by atoms with Gasteiger partial charge in [-0.2, -0.15) is 8.42 Å². The van der Waals surface area contributed by atoms with Gasteiger partial charge in [0, 0.05) is 26.2 Å². The van der Waals surface area contributed by atoms with Crippen LogP contribution in [-0.2, 0) is 14.9 Å². The molecule has 0 fully saturated rings. The average molecular weight is 417 g/mol. The Morgan fingerprint density at radius 3 is 2.18 bits per heavy atom. The molecule has 0 aromatic rings. The van der Waals surface area contributed by atoms with Gasteiger partial charge < -0.3 is 9.80 Å². The second kappa shape index (κ2) is 16.7. The second-order valence-electron chi connectivity index (χ2n) is 7.40. The van der Waals surface area contributed by atoms with Crippen LogP contribution in [0.1, 0.15) is 64.7 Å². The Balaban J connectivity index is 3.80. The Bertz CT molecular complexity index is 559. The van der Waals surface area contributed by atoms with Gasteiger partial charge in [-0.25, -0.2) is 0 Å². The summed E-state index contributed by atoms with van der Waals surface area (Å²) in [7, 11) is -0.280. The van der Waals surface area contributed by atoms with Crippen LogP contribution in [0.25, 0.3) is 0 Å². The van der Waals surface area contributed by atoms with E-state index in [1.807, 2.05) is 18.0 Å². The number of amides is 1. The van der Waals surface area contributed by atoms with E-state index in [-0.39, 0.29) is 11.7 Å². The Kier molecular flexibility index (Phi) is 16.0. The fraction of sp³-hybridized carbons (Fsp3) is 0.762. The molecule has 0 unspecified atom stereocenters. The summed E-state index contributed by atoms with van der Waals surface area (Å²) in [4.78, 5) is 15.6. The summed E-state index contributed by atoms with van der Waals surface area (Å²) >= 11 is 0. The number of hydrogen-bond donors (Lipinski definition) is 1. The minimum absolute atomic E-state index is 0.0492. The Morgan fingerprint density at radius 2 is 1.54 bits per heavy atom. The summed E-state index contributed by atoms with van der Waals surface area (Å²) in [5.74, 6) is -0.285. The van der Waals surface area contributed by atoms with Crippen LogP contribution in [-0.4, -0.2) is 68.2 Å². The zero-order valence-corrected chi connectivity index (χ0v) is 18.8. The lowest BCUT2D eigenvalue weighted by Gasteiger charge is -2.21. The molecule has 164 valence electrons. The van der Waals surface area contributed by atoms with Crippen LogP contribution in [0, 0.1) is 0 Å². The molecule has 1 amide bonds. The first-order chi connectivity index (χ1) is 13.3. The van der Waals surface area contributed by atoms with Crippen molar-refractivity contribution < 1.29 is 17.8 Å². The zero-order valence-electron chi connectivity index (χ0n) is 18.0. The molecule has 1 N–H and O–H groups in total. The van der Waals surface area contributed by atoms with Crippen LogP contribution < -0.4 is 0 Å². The van der Waals surface area contributed by atoms with E-state index in [0.717, 1.165) is 6.42 Å². The van der Waals surface area contributed by atoms with Crippen molar-refractivity contribution in [3.8, 4) is 0 Å². The number of hydrogen-bond acceptors (Lipinski definition) is 4. The predicted molar refractivity (Wildman–Crippen MR) is 117 cm³/mol. The number of allylic oxidation sites excluding steroid dienone is 3. The molecular formula is C21H40N2O4S. The molecule has 0 aliphatic heterocycles. The van der Waals surface area contributed by atoms with Gasteiger partial charge in [-0.1, -0.05) is 63.7 Å². The van der Waals surface area contributed by atoms with E-state index in [1.54, 1.807) is 24.1 Å². The van der Waals surface area contributed by atoms with E-state index in [2.05, 4.69) is 13.0 Å². The molecule has 0 aliphatic rings. The minimum Gasteiger partial charge on any atom is -0.341 e. The molecule has 6 nitrogen and oxygen atoms in total. The quantitative estimate of drug-likeness (QED) is 0.168. The highest BCUT2D eigenvalue weighted by Crippen LogP contribution is 2.08. The summed E-state index contributed by atoms with van der Waals surface area (Å²) in [6.07, 6.45) is 17.9. The molecule has 0 spiro atoms. The standard InChI is InChI=1S/C21H40N2O4S/c1-4-5-6-7-8-9-10-11-12-13-14-16-21(24)23(3)19-18-22(2)17-15-20-28(25,26)27/h12-14,16H,4-11,15,17-20H2,1-3H3,(H,25,26,27). The first kappa shape index (κ1) is 26.8. The molecule has 0 atom stereocenters. The largest absolute Gasteiger partial charge is 0.341 e. The Hall–Kier alpha value is -1.18. The van der Waals surface area contributed by atoms with Crippen molar-refractivity contribution in [3.05, 3.63) is 24.3 Å². The molecule has 0 aliphatic carbocycles. The third-order valence-electron chi connectivity index (χ3n) is 4.60. The minimum atomic E-state index is -3.90. The van der Waals surface area contributed by atoms with Gasteiger partial charge >= 0.3 is 0 Å². The van der Waals surface area contributed by atoms with Crippen molar-refractivity contribution in [1.82, 2.24) is 9.80 Å². The van der Waals surface area contributed by atoms with Crippen molar-refractivity contribution in [2.75, 3.05) is 39.5 Å². The molecule has 0 saturated heterocycles. The van der Waals surface area contributed by atoms with Gasteiger partial charge in [0.15, 0.2) is 0 Å². The SMILES string of the molecule is CCCCCCCCCC=CC=CC(=O)N(C)CCN(C)CCCS(=O)(=O)O. The Morgan fingerprint density at radius 1 is 0.893 bits per heavy atom. The van der Waals surface area contributed by atoms with Crippen molar-refractivity contribution >= 4 is 16.0 Å². The molecule has 0 radical (unpaired) electrons.